The zero-order valence-electron chi connectivity index (χ0n) is 16.2. The van der Waals surface area contributed by atoms with Crippen LogP contribution in [0.5, 0.6) is 0 Å². The first-order chi connectivity index (χ1) is 12.7. The average Bonchev–Trinajstić information content (AvgIpc) is 2.57. The highest BCUT2D eigenvalue weighted by molar-refractivity contribution is 5.82. The van der Waals surface area contributed by atoms with E-state index in [0.717, 1.165) is 11.6 Å². The summed E-state index contributed by atoms with van der Waals surface area (Å²) >= 11 is 0. The van der Waals surface area contributed by atoms with E-state index in [1.807, 2.05) is 30.3 Å². The van der Waals surface area contributed by atoms with Crippen LogP contribution < -0.4 is 5.32 Å². The number of ether oxygens (including phenoxy) is 3. The fourth-order valence-corrected chi connectivity index (χ4v) is 2.03. The molecule has 1 aromatic carbocycles. The first kappa shape index (κ1) is 22.2. The Labute approximate surface area is 159 Å². The van der Waals surface area contributed by atoms with E-state index in [-0.39, 0.29) is 19.6 Å². The van der Waals surface area contributed by atoms with Gasteiger partial charge >= 0.3 is 18.0 Å². The van der Waals surface area contributed by atoms with E-state index in [0.29, 0.717) is 0 Å². The number of carbonyl (C=O) groups is 3. The van der Waals surface area contributed by atoms with Gasteiger partial charge in [0.1, 0.15) is 12.2 Å². The molecule has 0 unspecified atom stereocenters. The predicted molar refractivity (Wildman–Crippen MR) is 99.8 cm³/mol. The highest BCUT2D eigenvalue weighted by atomic mass is 16.6. The Hall–Kier alpha value is -2.83. The Bertz CT molecular complexity index is 648. The summed E-state index contributed by atoms with van der Waals surface area (Å²) in [5, 5.41) is 2.54. The molecule has 1 atom stereocenters. The predicted octanol–water partition coefficient (Wildman–Crippen LogP) is 3.13. The SMILES string of the molecule is CCOC(=O)/C=C/[C@H](CC(=O)OC(C)(C)C)NC(=O)OCc1ccccc1. The molecule has 1 rings (SSSR count). The van der Waals surface area contributed by atoms with Gasteiger partial charge in [0.2, 0.25) is 0 Å². The van der Waals surface area contributed by atoms with Crippen LogP contribution >= 0.6 is 0 Å². The standard InChI is InChI=1S/C20H27NO6/c1-5-25-17(22)12-11-16(13-18(23)27-20(2,3)4)21-19(24)26-14-15-9-7-6-8-10-15/h6-12,16H,5,13-14H2,1-4H3,(H,21,24)/b12-11+/t16-/m1/s1. The average molecular weight is 377 g/mol. The van der Waals surface area contributed by atoms with Crippen LogP contribution in [-0.4, -0.2) is 36.3 Å². The lowest BCUT2D eigenvalue weighted by molar-refractivity contribution is -0.155. The van der Waals surface area contributed by atoms with Gasteiger partial charge in [-0.3, -0.25) is 4.79 Å². The molecule has 27 heavy (non-hydrogen) atoms. The third kappa shape index (κ3) is 10.7. The van der Waals surface area contributed by atoms with Crippen LogP contribution in [0.25, 0.3) is 0 Å². The minimum atomic E-state index is -0.771. The van der Waals surface area contributed by atoms with Crippen LogP contribution in [0.15, 0.2) is 42.5 Å². The number of nitrogens with one attached hydrogen (secondary N) is 1. The molecule has 0 saturated heterocycles. The molecule has 1 aromatic rings. The molecule has 7 heteroatoms. The lowest BCUT2D eigenvalue weighted by Crippen LogP contribution is -2.37. The molecule has 0 aromatic heterocycles. The number of hydrogen-bond donors (Lipinski definition) is 1. The Morgan fingerprint density at radius 3 is 2.37 bits per heavy atom. The second kappa shape index (κ2) is 11.0. The fraction of sp³-hybridized carbons (Fsp3) is 0.450. The molecule has 0 saturated carbocycles. The fourth-order valence-electron chi connectivity index (χ4n) is 2.03. The van der Waals surface area contributed by atoms with Crippen molar-refractivity contribution >= 4 is 18.0 Å². The molecule has 0 bridgehead atoms. The third-order valence-corrected chi connectivity index (χ3v) is 3.07. The maximum atomic E-state index is 12.0. The lowest BCUT2D eigenvalue weighted by atomic mass is 10.1. The van der Waals surface area contributed by atoms with E-state index < -0.39 is 29.7 Å². The van der Waals surface area contributed by atoms with Crippen LogP contribution in [-0.2, 0) is 30.4 Å². The van der Waals surface area contributed by atoms with Gasteiger partial charge in [-0.05, 0) is 33.3 Å². The molecule has 148 valence electrons. The van der Waals surface area contributed by atoms with Crippen molar-refractivity contribution in [1.82, 2.24) is 5.32 Å². The minimum absolute atomic E-state index is 0.0907. The topological polar surface area (TPSA) is 90.9 Å². The van der Waals surface area contributed by atoms with E-state index in [4.69, 9.17) is 14.2 Å². The first-order valence-electron chi connectivity index (χ1n) is 8.73. The molecule has 0 heterocycles. The number of carbonyl (C=O) groups excluding carboxylic acids is 3. The number of alkyl carbamates (subject to hydrolysis) is 1. The van der Waals surface area contributed by atoms with Crippen LogP contribution in [0.3, 0.4) is 0 Å². The summed E-state index contributed by atoms with van der Waals surface area (Å²) in [7, 11) is 0. The van der Waals surface area contributed by atoms with Crippen molar-refractivity contribution in [1.29, 1.82) is 0 Å². The van der Waals surface area contributed by atoms with Crippen molar-refractivity contribution < 1.29 is 28.6 Å². The van der Waals surface area contributed by atoms with E-state index in [1.165, 1.54) is 6.08 Å². The summed E-state index contributed by atoms with van der Waals surface area (Å²) in [6, 6.07) is 8.42. The third-order valence-electron chi connectivity index (χ3n) is 3.07. The lowest BCUT2D eigenvalue weighted by Gasteiger charge is -2.21. The van der Waals surface area contributed by atoms with Crippen molar-refractivity contribution in [3.63, 3.8) is 0 Å². The van der Waals surface area contributed by atoms with E-state index in [1.54, 1.807) is 27.7 Å². The van der Waals surface area contributed by atoms with E-state index in [9.17, 15) is 14.4 Å². The van der Waals surface area contributed by atoms with Gasteiger partial charge in [0.15, 0.2) is 0 Å². The molecule has 0 aliphatic rings. The molecule has 0 aliphatic carbocycles. The number of amides is 1. The summed E-state index contributed by atoms with van der Waals surface area (Å²) in [5.41, 5.74) is 0.179. The Morgan fingerprint density at radius 1 is 1.11 bits per heavy atom. The van der Waals surface area contributed by atoms with Crippen molar-refractivity contribution in [2.24, 2.45) is 0 Å². The molecule has 1 N–H and O–H groups in total. The van der Waals surface area contributed by atoms with Gasteiger partial charge in [0, 0.05) is 6.08 Å². The summed E-state index contributed by atoms with van der Waals surface area (Å²) in [5.74, 6) is -1.07. The number of rotatable bonds is 8. The zero-order valence-corrected chi connectivity index (χ0v) is 16.2. The zero-order chi connectivity index (χ0) is 20.3. The first-order valence-corrected chi connectivity index (χ1v) is 8.73. The molecule has 7 nitrogen and oxygen atoms in total. The van der Waals surface area contributed by atoms with Gasteiger partial charge < -0.3 is 19.5 Å². The smallest absolute Gasteiger partial charge is 0.407 e. The molecule has 0 fully saturated rings. The second-order valence-electron chi connectivity index (χ2n) is 6.71. The van der Waals surface area contributed by atoms with Crippen LogP contribution in [0.1, 0.15) is 39.7 Å². The number of esters is 2. The summed E-state index contributed by atoms with van der Waals surface area (Å²) < 4.78 is 15.2. The Kier molecular flexibility index (Phi) is 9.05. The van der Waals surface area contributed by atoms with Gasteiger partial charge in [0.05, 0.1) is 19.1 Å². The maximum Gasteiger partial charge on any atom is 0.407 e. The maximum absolute atomic E-state index is 12.0. The van der Waals surface area contributed by atoms with Gasteiger partial charge in [-0.2, -0.15) is 0 Å². The summed E-state index contributed by atoms with van der Waals surface area (Å²) in [4.78, 5) is 35.6. The van der Waals surface area contributed by atoms with E-state index in [2.05, 4.69) is 5.32 Å². The highest BCUT2D eigenvalue weighted by Gasteiger charge is 2.21. The highest BCUT2D eigenvalue weighted by Crippen LogP contribution is 2.10. The normalized spacial score (nSPS) is 12.3. The largest absolute Gasteiger partial charge is 0.463 e. The second-order valence-corrected chi connectivity index (χ2v) is 6.71. The number of hydrogen-bond acceptors (Lipinski definition) is 6. The van der Waals surface area contributed by atoms with Crippen LogP contribution in [0.4, 0.5) is 4.79 Å². The van der Waals surface area contributed by atoms with Crippen LogP contribution in [0.2, 0.25) is 0 Å². The van der Waals surface area contributed by atoms with Crippen molar-refractivity contribution in [2.75, 3.05) is 6.61 Å². The monoisotopic (exact) mass is 377 g/mol. The molecule has 0 radical (unpaired) electrons. The van der Waals surface area contributed by atoms with Crippen molar-refractivity contribution in [2.45, 2.75) is 52.4 Å². The molecule has 1 amide bonds. The number of benzene rings is 1. The Morgan fingerprint density at radius 2 is 1.78 bits per heavy atom. The molecular weight excluding hydrogens is 350 g/mol. The van der Waals surface area contributed by atoms with E-state index >= 15 is 0 Å². The minimum Gasteiger partial charge on any atom is -0.463 e. The molecule has 0 aliphatic heterocycles. The van der Waals surface area contributed by atoms with Gasteiger partial charge in [0.25, 0.3) is 0 Å². The Balaban J connectivity index is 2.66. The van der Waals surface area contributed by atoms with Crippen molar-refractivity contribution in [3.05, 3.63) is 48.0 Å². The summed E-state index contributed by atoms with van der Waals surface area (Å²) in [6.45, 7) is 7.24. The summed E-state index contributed by atoms with van der Waals surface area (Å²) in [6.07, 6.45) is 1.69. The quantitative estimate of drug-likeness (QED) is 0.425. The van der Waals surface area contributed by atoms with Gasteiger partial charge in [-0.25, -0.2) is 9.59 Å². The van der Waals surface area contributed by atoms with Crippen molar-refractivity contribution in [3.8, 4) is 0 Å². The molecule has 0 spiro atoms. The van der Waals surface area contributed by atoms with Gasteiger partial charge in [-0.1, -0.05) is 36.4 Å². The van der Waals surface area contributed by atoms with Gasteiger partial charge in [-0.15, -0.1) is 0 Å². The van der Waals surface area contributed by atoms with Crippen LogP contribution in [0, 0.1) is 0 Å². The molecular formula is C20H27NO6.